The Morgan fingerprint density at radius 3 is 2.21 bits per heavy atom. The number of hydrogen-bond donors (Lipinski definition) is 0. The third-order valence-corrected chi connectivity index (χ3v) is 5.42. The summed E-state index contributed by atoms with van der Waals surface area (Å²) in [4.78, 5) is 2.70. The molecular weight excluding hydrogens is 298 g/mol. The molecule has 1 aliphatic heterocycles. The lowest BCUT2D eigenvalue weighted by Crippen LogP contribution is -2.46. The van der Waals surface area contributed by atoms with E-state index in [4.69, 9.17) is 9.47 Å². The normalized spacial score (nSPS) is 32.6. The summed E-state index contributed by atoms with van der Waals surface area (Å²) in [5.41, 5.74) is 0.0114. The molecule has 1 saturated heterocycles. The Balaban J connectivity index is 1.62. The fourth-order valence-electron chi connectivity index (χ4n) is 4.18. The van der Waals surface area contributed by atoms with Crippen LogP contribution in [0, 0.1) is 17.8 Å². The molecule has 0 aromatic heterocycles. The molecule has 0 bridgehead atoms. The number of nitrogens with zero attached hydrogens (tertiary/aromatic N) is 1. The molecule has 0 unspecified atom stereocenters. The number of hydrogen-bond acceptors (Lipinski definition) is 3. The minimum atomic E-state index is -0.000169. The molecule has 142 valence electrons. The molecule has 0 aromatic rings. The van der Waals surface area contributed by atoms with Crippen LogP contribution in [0.2, 0.25) is 0 Å². The van der Waals surface area contributed by atoms with Crippen molar-refractivity contribution in [3.8, 4) is 0 Å². The predicted molar refractivity (Wildman–Crippen MR) is 101 cm³/mol. The van der Waals surface area contributed by atoms with Gasteiger partial charge in [-0.25, -0.2) is 0 Å². The molecule has 2 fully saturated rings. The van der Waals surface area contributed by atoms with E-state index >= 15 is 0 Å². The standard InChI is InChI=1S/C21H41NO2/c1-16-14-22(10-8-18(16)9-11-23-20(2,3)4)15-17-12-19(13-17)24-21(5,6)7/h16-19H,8-15H2,1-7H3/t16-,17?,18-,19?/m1/s1. The fourth-order valence-corrected chi connectivity index (χ4v) is 4.18. The van der Waals surface area contributed by atoms with Crippen LogP contribution in [0.3, 0.4) is 0 Å². The molecule has 2 rings (SSSR count). The Morgan fingerprint density at radius 2 is 1.67 bits per heavy atom. The molecule has 2 aliphatic rings. The zero-order valence-electron chi connectivity index (χ0n) is 17.2. The van der Waals surface area contributed by atoms with E-state index in [2.05, 4.69) is 53.4 Å². The first-order valence-corrected chi connectivity index (χ1v) is 10.1. The smallest absolute Gasteiger partial charge is 0.0602 e. The van der Waals surface area contributed by atoms with Crippen LogP contribution in [0.25, 0.3) is 0 Å². The molecule has 3 heteroatoms. The van der Waals surface area contributed by atoms with Gasteiger partial charge >= 0.3 is 0 Å². The summed E-state index contributed by atoms with van der Waals surface area (Å²) < 4.78 is 12.0. The molecule has 1 saturated carbocycles. The summed E-state index contributed by atoms with van der Waals surface area (Å²) in [6, 6.07) is 0. The van der Waals surface area contributed by atoms with Gasteiger partial charge in [0.15, 0.2) is 0 Å². The van der Waals surface area contributed by atoms with E-state index < -0.39 is 0 Å². The Labute approximate surface area is 150 Å². The lowest BCUT2D eigenvalue weighted by Gasteiger charge is -2.44. The summed E-state index contributed by atoms with van der Waals surface area (Å²) in [6.45, 7) is 20.1. The number of likely N-dealkylation sites (tertiary alicyclic amines) is 1. The van der Waals surface area contributed by atoms with Crippen LogP contribution in [0.4, 0.5) is 0 Å². The lowest BCUT2D eigenvalue weighted by molar-refractivity contribution is -0.116. The number of piperidine rings is 1. The second kappa shape index (κ2) is 8.05. The fraction of sp³-hybridized carbons (Fsp3) is 1.00. The zero-order chi connectivity index (χ0) is 18.0. The van der Waals surface area contributed by atoms with Crippen LogP contribution in [-0.4, -0.2) is 48.4 Å². The van der Waals surface area contributed by atoms with Crippen LogP contribution in [0.15, 0.2) is 0 Å². The van der Waals surface area contributed by atoms with E-state index in [-0.39, 0.29) is 11.2 Å². The maximum atomic E-state index is 6.07. The van der Waals surface area contributed by atoms with Crippen LogP contribution in [0.1, 0.15) is 74.1 Å². The van der Waals surface area contributed by atoms with Gasteiger partial charge in [-0.15, -0.1) is 0 Å². The van der Waals surface area contributed by atoms with E-state index in [1.54, 1.807) is 0 Å². The first-order chi connectivity index (χ1) is 11.0. The van der Waals surface area contributed by atoms with Gasteiger partial charge in [0.1, 0.15) is 0 Å². The second-order valence-electron chi connectivity index (χ2n) is 10.2. The van der Waals surface area contributed by atoms with Gasteiger partial charge in [-0.1, -0.05) is 6.92 Å². The second-order valence-corrected chi connectivity index (χ2v) is 10.2. The molecule has 24 heavy (non-hydrogen) atoms. The van der Waals surface area contributed by atoms with Gasteiger partial charge in [-0.05, 0) is 91.5 Å². The van der Waals surface area contributed by atoms with Crippen LogP contribution < -0.4 is 0 Å². The van der Waals surface area contributed by atoms with Gasteiger partial charge in [-0.2, -0.15) is 0 Å². The molecule has 1 heterocycles. The van der Waals surface area contributed by atoms with E-state index in [1.807, 2.05) is 0 Å². The van der Waals surface area contributed by atoms with E-state index in [0.717, 1.165) is 24.4 Å². The summed E-state index contributed by atoms with van der Waals surface area (Å²) in [5, 5.41) is 0. The van der Waals surface area contributed by atoms with Gasteiger partial charge < -0.3 is 14.4 Å². The van der Waals surface area contributed by atoms with Crippen molar-refractivity contribution >= 4 is 0 Å². The van der Waals surface area contributed by atoms with E-state index in [1.165, 1.54) is 45.3 Å². The van der Waals surface area contributed by atoms with Crippen LogP contribution in [-0.2, 0) is 9.47 Å². The first kappa shape index (κ1) is 20.2. The average molecular weight is 340 g/mol. The molecule has 1 aliphatic carbocycles. The van der Waals surface area contributed by atoms with E-state index in [9.17, 15) is 0 Å². The highest BCUT2D eigenvalue weighted by Crippen LogP contribution is 2.35. The minimum Gasteiger partial charge on any atom is -0.376 e. The lowest BCUT2D eigenvalue weighted by atomic mass is 9.79. The highest BCUT2D eigenvalue weighted by molar-refractivity contribution is 4.87. The Hall–Kier alpha value is -0.120. The van der Waals surface area contributed by atoms with Gasteiger partial charge in [0.25, 0.3) is 0 Å². The highest BCUT2D eigenvalue weighted by atomic mass is 16.5. The summed E-state index contributed by atoms with van der Waals surface area (Å²) >= 11 is 0. The van der Waals surface area contributed by atoms with Gasteiger partial charge in [0.05, 0.1) is 17.3 Å². The van der Waals surface area contributed by atoms with Crippen molar-refractivity contribution in [3.63, 3.8) is 0 Å². The first-order valence-electron chi connectivity index (χ1n) is 10.1. The maximum Gasteiger partial charge on any atom is 0.0602 e. The van der Waals surface area contributed by atoms with Gasteiger partial charge in [-0.3, -0.25) is 0 Å². The van der Waals surface area contributed by atoms with Crippen molar-refractivity contribution in [2.24, 2.45) is 17.8 Å². The Kier molecular flexibility index (Phi) is 6.78. The van der Waals surface area contributed by atoms with E-state index in [0.29, 0.717) is 6.10 Å². The third-order valence-electron chi connectivity index (χ3n) is 5.42. The molecule has 3 nitrogen and oxygen atoms in total. The molecule has 2 atom stereocenters. The molecule has 0 spiro atoms. The maximum absolute atomic E-state index is 6.07. The number of rotatable bonds is 6. The van der Waals surface area contributed by atoms with Gasteiger partial charge in [0.2, 0.25) is 0 Å². The SMILES string of the molecule is C[C@@H]1CN(CC2CC(OC(C)(C)C)C2)CC[C@@H]1CCOC(C)(C)C. The summed E-state index contributed by atoms with van der Waals surface area (Å²) in [7, 11) is 0. The highest BCUT2D eigenvalue weighted by Gasteiger charge is 2.35. The van der Waals surface area contributed by atoms with Crippen LogP contribution >= 0.6 is 0 Å². The van der Waals surface area contributed by atoms with Crippen molar-refractivity contribution < 1.29 is 9.47 Å². The average Bonchev–Trinajstić information content (AvgIpc) is 2.36. The zero-order valence-corrected chi connectivity index (χ0v) is 17.2. The predicted octanol–water partition coefficient (Wildman–Crippen LogP) is 4.74. The topological polar surface area (TPSA) is 21.7 Å². The molecule has 0 radical (unpaired) electrons. The molecular formula is C21H41NO2. The Bertz CT molecular complexity index is 376. The largest absolute Gasteiger partial charge is 0.376 e. The summed E-state index contributed by atoms with van der Waals surface area (Å²) in [5.74, 6) is 2.48. The third kappa shape index (κ3) is 7.01. The Morgan fingerprint density at radius 1 is 1.00 bits per heavy atom. The van der Waals surface area contributed by atoms with Gasteiger partial charge in [0, 0.05) is 19.7 Å². The quantitative estimate of drug-likeness (QED) is 0.697. The number of ether oxygens (including phenoxy) is 2. The van der Waals surface area contributed by atoms with Crippen molar-refractivity contribution in [3.05, 3.63) is 0 Å². The van der Waals surface area contributed by atoms with Crippen molar-refractivity contribution in [2.75, 3.05) is 26.2 Å². The molecule has 0 amide bonds. The minimum absolute atomic E-state index is 0.000169. The monoisotopic (exact) mass is 339 g/mol. The molecule has 0 N–H and O–H groups in total. The van der Waals surface area contributed by atoms with Crippen molar-refractivity contribution in [1.29, 1.82) is 0 Å². The van der Waals surface area contributed by atoms with Crippen molar-refractivity contribution in [2.45, 2.75) is 91.5 Å². The van der Waals surface area contributed by atoms with Crippen LogP contribution in [0.5, 0.6) is 0 Å². The molecule has 0 aromatic carbocycles. The van der Waals surface area contributed by atoms with Crippen molar-refractivity contribution in [1.82, 2.24) is 4.90 Å². The summed E-state index contributed by atoms with van der Waals surface area (Å²) in [6.07, 6.45) is 5.57.